The molecule has 2 aromatic carbocycles. The lowest BCUT2D eigenvalue weighted by molar-refractivity contribution is -0.121. The number of carbonyl (C=O) groups excluding carboxylic acids is 1. The number of oxazole rings is 1. The van der Waals surface area contributed by atoms with Crippen molar-refractivity contribution >= 4 is 17.0 Å². The number of benzene rings is 2. The average Bonchev–Trinajstić information content (AvgIpc) is 2.84. The van der Waals surface area contributed by atoms with Gasteiger partial charge in [-0.25, -0.2) is 4.79 Å². The molecule has 0 saturated carbocycles. The zero-order valence-electron chi connectivity index (χ0n) is 13.1. The van der Waals surface area contributed by atoms with Crippen LogP contribution in [0.15, 0.2) is 51.7 Å². The van der Waals surface area contributed by atoms with Gasteiger partial charge >= 0.3 is 5.76 Å². The van der Waals surface area contributed by atoms with Crippen molar-refractivity contribution < 1.29 is 9.21 Å². The number of aryl methyl sites for hydroxylation is 2. The van der Waals surface area contributed by atoms with Crippen molar-refractivity contribution in [1.29, 1.82) is 0 Å². The Morgan fingerprint density at radius 1 is 1.17 bits per heavy atom. The molecule has 1 aromatic heterocycles. The minimum Gasteiger partial charge on any atom is -0.408 e. The van der Waals surface area contributed by atoms with Crippen LogP contribution in [0, 0.1) is 13.8 Å². The summed E-state index contributed by atoms with van der Waals surface area (Å²) in [7, 11) is 0. The van der Waals surface area contributed by atoms with Crippen molar-refractivity contribution in [2.45, 2.75) is 26.9 Å². The molecule has 0 aliphatic carbocycles. The smallest absolute Gasteiger partial charge is 0.408 e. The number of nitrogens with one attached hydrogen (secondary N) is 1. The van der Waals surface area contributed by atoms with Crippen molar-refractivity contribution in [3.63, 3.8) is 0 Å². The molecule has 0 saturated heterocycles. The number of nitrogens with zero attached hydrogens (tertiary/aromatic N) is 1. The van der Waals surface area contributed by atoms with E-state index in [0.29, 0.717) is 17.6 Å². The van der Waals surface area contributed by atoms with E-state index in [-0.39, 0.29) is 12.5 Å². The van der Waals surface area contributed by atoms with Crippen LogP contribution in [0.3, 0.4) is 0 Å². The fourth-order valence-electron chi connectivity index (χ4n) is 2.55. The molecule has 1 amide bonds. The predicted molar refractivity (Wildman–Crippen MR) is 88.2 cm³/mol. The Morgan fingerprint density at radius 2 is 1.96 bits per heavy atom. The fraction of sp³-hybridized carbons (Fsp3) is 0.222. The highest BCUT2D eigenvalue weighted by Crippen LogP contribution is 2.12. The van der Waals surface area contributed by atoms with E-state index in [2.05, 4.69) is 11.4 Å². The van der Waals surface area contributed by atoms with E-state index < -0.39 is 5.76 Å². The molecule has 0 atom stereocenters. The SMILES string of the molecule is Cc1ccc(C)c(CNC(=O)Cn2c(=O)oc3ccccc32)c1. The maximum atomic E-state index is 12.2. The van der Waals surface area contributed by atoms with Crippen LogP contribution in [0.4, 0.5) is 0 Å². The molecule has 3 rings (SSSR count). The van der Waals surface area contributed by atoms with Gasteiger partial charge in [-0.1, -0.05) is 35.9 Å². The van der Waals surface area contributed by atoms with E-state index in [1.54, 1.807) is 18.2 Å². The highest BCUT2D eigenvalue weighted by atomic mass is 16.4. The third kappa shape index (κ3) is 3.18. The molecule has 5 nitrogen and oxygen atoms in total. The Labute approximate surface area is 133 Å². The van der Waals surface area contributed by atoms with Gasteiger partial charge in [0.2, 0.25) is 5.91 Å². The van der Waals surface area contributed by atoms with E-state index in [1.165, 1.54) is 4.57 Å². The minimum absolute atomic E-state index is 0.0549. The van der Waals surface area contributed by atoms with Crippen molar-refractivity contribution in [3.05, 3.63) is 69.7 Å². The molecule has 1 N–H and O–H groups in total. The van der Waals surface area contributed by atoms with Crippen molar-refractivity contribution in [2.24, 2.45) is 0 Å². The first-order valence-corrected chi connectivity index (χ1v) is 7.46. The largest absolute Gasteiger partial charge is 0.420 e. The van der Waals surface area contributed by atoms with Crippen LogP contribution in [0.1, 0.15) is 16.7 Å². The Morgan fingerprint density at radius 3 is 2.78 bits per heavy atom. The summed E-state index contributed by atoms with van der Waals surface area (Å²) in [4.78, 5) is 24.0. The molecule has 5 heteroatoms. The van der Waals surface area contributed by atoms with Gasteiger partial charge in [0.25, 0.3) is 0 Å². The highest BCUT2D eigenvalue weighted by Gasteiger charge is 2.12. The third-order valence-corrected chi connectivity index (χ3v) is 3.86. The normalized spacial score (nSPS) is 10.9. The predicted octanol–water partition coefficient (Wildman–Crippen LogP) is 2.53. The van der Waals surface area contributed by atoms with Crippen LogP contribution in [0.25, 0.3) is 11.1 Å². The number of para-hydroxylation sites is 2. The number of hydrogen-bond acceptors (Lipinski definition) is 3. The van der Waals surface area contributed by atoms with Crippen LogP contribution in [-0.2, 0) is 17.9 Å². The molecule has 0 radical (unpaired) electrons. The van der Waals surface area contributed by atoms with Gasteiger partial charge in [0.15, 0.2) is 5.58 Å². The second-order valence-corrected chi connectivity index (χ2v) is 5.63. The lowest BCUT2D eigenvalue weighted by Crippen LogP contribution is -2.30. The summed E-state index contributed by atoms with van der Waals surface area (Å²) in [6, 6.07) is 13.2. The first-order valence-electron chi connectivity index (χ1n) is 7.46. The molecule has 23 heavy (non-hydrogen) atoms. The zero-order valence-corrected chi connectivity index (χ0v) is 13.1. The molecular formula is C18H18N2O3. The maximum absolute atomic E-state index is 12.2. The molecule has 0 spiro atoms. The molecule has 0 aliphatic rings. The Balaban J connectivity index is 1.73. The van der Waals surface area contributed by atoms with Gasteiger partial charge in [-0.2, -0.15) is 0 Å². The summed E-state index contributed by atoms with van der Waals surface area (Å²) in [5.74, 6) is -0.743. The molecule has 0 unspecified atom stereocenters. The van der Waals surface area contributed by atoms with Gasteiger partial charge in [-0.05, 0) is 37.1 Å². The highest BCUT2D eigenvalue weighted by molar-refractivity contribution is 5.79. The summed E-state index contributed by atoms with van der Waals surface area (Å²) in [5.41, 5.74) is 4.46. The number of carbonyl (C=O) groups is 1. The van der Waals surface area contributed by atoms with Gasteiger partial charge in [-0.3, -0.25) is 9.36 Å². The lowest BCUT2D eigenvalue weighted by Gasteiger charge is -2.09. The summed E-state index contributed by atoms with van der Waals surface area (Å²) in [6.45, 7) is 4.41. The molecule has 3 aromatic rings. The first-order chi connectivity index (χ1) is 11.0. The van der Waals surface area contributed by atoms with Gasteiger partial charge in [0.05, 0.1) is 5.52 Å². The molecule has 0 fully saturated rings. The van der Waals surface area contributed by atoms with Crippen molar-refractivity contribution in [3.8, 4) is 0 Å². The van der Waals surface area contributed by atoms with Crippen LogP contribution < -0.4 is 11.1 Å². The Bertz CT molecular complexity index is 921. The second kappa shape index (κ2) is 6.12. The summed E-state index contributed by atoms with van der Waals surface area (Å²) >= 11 is 0. The third-order valence-electron chi connectivity index (χ3n) is 3.86. The minimum atomic E-state index is -0.520. The molecule has 0 bridgehead atoms. The fourth-order valence-corrected chi connectivity index (χ4v) is 2.55. The van der Waals surface area contributed by atoms with Crippen LogP contribution in [-0.4, -0.2) is 10.5 Å². The zero-order chi connectivity index (χ0) is 16.4. The van der Waals surface area contributed by atoms with Crippen LogP contribution >= 0.6 is 0 Å². The van der Waals surface area contributed by atoms with Gasteiger partial charge in [-0.15, -0.1) is 0 Å². The van der Waals surface area contributed by atoms with Crippen molar-refractivity contribution in [2.75, 3.05) is 0 Å². The van der Waals surface area contributed by atoms with E-state index in [1.807, 2.05) is 32.0 Å². The molecule has 118 valence electrons. The number of hydrogen-bond donors (Lipinski definition) is 1. The Kier molecular flexibility index (Phi) is 4.02. The first kappa shape index (κ1) is 15.1. The van der Waals surface area contributed by atoms with E-state index in [9.17, 15) is 9.59 Å². The summed E-state index contributed by atoms with van der Waals surface area (Å²) in [6.07, 6.45) is 0. The number of amides is 1. The summed E-state index contributed by atoms with van der Waals surface area (Å²) < 4.78 is 6.47. The average molecular weight is 310 g/mol. The standard InChI is InChI=1S/C18H18N2O3/c1-12-7-8-13(2)14(9-12)10-19-17(21)11-20-15-5-3-4-6-16(15)23-18(20)22/h3-9H,10-11H2,1-2H3,(H,19,21). The van der Waals surface area contributed by atoms with Gasteiger partial charge in [0, 0.05) is 6.54 Å². The maximum Gasteiger partial charge on any atom is 0.420 e. The van der Waals surface area contributed by atoms with Gasteiger partial charge in [0.1, 0.15) is 6.54 Å². The molecular weight excluding hydrogens is 292 g/mol. The number of rotatable bonds is 4. The monoisotopic (exact) mass is 310 g/mol. The number of aromatic nitrogens is 1. The molecule has 1 heterocycles. The number of fused-ring (bicyclic) bond motifs is 1. The quantitative estimate of drug-likeness (QED) is 0.805. The lowest BCUT2D eigenvalue weighted by atomic mass is 10.1. The van der Waals surface area contributed by atoms with Crippen LogP contribution in [0.5, 0.6) is 0 Å². The van der Waals surface area contributed by atoms with E-state index in [0.717, 1.165) is 16.7 Å². The van der Waals surface area contributed by atoms with Crippen LogP contribution in [0.2, 0.25) is 0 Å². The molecule has 0 aliphatic heterocycles. The van der Waals surface area contributed by atoms with E-state index in [4.69, 9.17) is 4.42 Å². The second-order valence-electron chi connectivity index (χ2n) is 5.63. The summed E-state index contributed by atoms with van der Waals surface area (Å²) in [5, 5.41) is 2.86. The van der Waals surface area contributed by atoms with Crippen molar-refractivity contribution in [1.82, 2.24) is 9.88 Å². The topological polar surface area (TPSA) is 64.2 Å². The Hall–Kier alpha value is -2.82. The van der Waals surface area contributed by atoms with E-state index >= 15 is 0 Å². The van der Waals surface area contributed by atoms with Gasteiger partial charge < -0.3 is 9.73 Å².